The Morgan fingerprint density at radius 1 is 1.06 bits per heavy atom. The molecule has 1 aliphatic heterocycles. The summed E-state index contributed by atoms with van der Waals surface area (Å²) in [7, 11) is 0. The van der Waals surface area contributed by atoms with Crippen LogP contribution in [0.4, 0.5) is 11.4 Å². The first-order chi connectivity index (χ1) is 15.4. The molecule has 1 amide bonds. The van der Waals surface area contributed by atoms with Gasteiger partial charge in [0.2, 0.25) is 0 Å². The summed E-state index contributed by atoms with van der Waals surface area (Å²) in [5.41, 5.74) is 2.55. The third-order valence-corrected chi connectivity index (χ3v) is 6.57. The third kappa shape index (κ3) is 5.09. The van der Waals surface area contributed by atoms with Crippen molar-refractivity contribution in [3.63, 3.8) is 0 Å². The SMILES string of the molecule is CC1CCN(c2ccccc2NC(=S)NC(=O)c2ccc(-c3cccc(Cl)c3Cl)o2)CC1. The highest BCUT2D eigenvalue weighted by Gasteiger charge is 2.20. The van der Waals surface area contributed by atoms with Crippen molar-refractivity contribution in [3.05, 3.63) is 70.4 Å². The lowest BCUT2D eigenvalue weighted by Crippen LogP contribution is -2.36. The highest BCUT2D eigenvalue weighted by Crippen LogP contribution is 2.34. The van der Waals surface area contributed by atoms with Crippen molar-refractivity contribution >= 4 is 57.8 Å². The molecule has 1 fully saturated rings. The molecule has 0 saturated carbocycles. The summed E-state index contributed by atoms with van der Waals surface area (Å²) in [6.07, 6.45) is 2.32. The van der Waals surface area contributed by atoms with Gasteiger partial charge in [-0.1, -0.05) is 48.3 Å². The maximum absolute atomic E-state index is 12.7. The van der Waals surface area contributed by atoms with E-state index in [1.165, 1.54) is 0 Å². The van der Waals surface area contributed by atoms with Gasteiger partial charge in [-0.15, -0.1) is 0 Å². The molecule has 0 unspecified atom stereocenters. The second-order valence-electron chi connectivity index (χ2n) is 7.86. The lowest BCUT2D eigenvalue weighted by Gasteiger charge is -2.33. The van der Waals surface area contributed by atoms with Crippen molar-refractivity contribution < 1.29 is 9.21 Å². The monoisotopic (exact) mass is 487 g/mol. The van der Waals surface area contributed by atoms with E-state index in [-0.39, 0.29) is 10.9 Å². The van der Waals surface area contributed by atoms with E-state index < -0.39 is 5.91 Å². The molecule has 0 bridgehead atoms. The minimum atomic E-state index is -0.448. The fourth-order valence-corrected chi connectivity index (χ4v) is 4.32. The van der Waals surface area contributed by atoms with Crippen LogP contribution in [0.2, 0.25) is 10.0 Å². The Bertz CT molecular complexity index is 1140. The zero-order valence-corrected chi connectivity index (χ0v) is 19.9. The van der Waals surface area contributed by atoms with Gasteiger partial charge in [0.1, 0.15) is 5.76 Å². The molecule has 0 spiro atoms. The van der Waals surface area contributed by atoms with Crippen LogP contribution in [-0.2, 0) is 0 Å². The predicted molar refractivity (Wildman–Crippen MR) is 135 cm³/mol. The first-order valence-electron chi connectivity index (χ1n) is 10.4. The summed E-state index contributed by atoms with van der Waals surface area (Å²) >= 11 is 17.7. The van der Waals surface area contributed by atoms with Gasteiger partial charge in [0.05, 0.1) is 21.4 Å². The van der Waals surface area contributed by atoms with E-state index in [0.29, 0.717) is 21.4 Å². The number of amides is 1. The molecule has 8 heteroatoms. The summed E-state index contributed by atoms with van der Waals surface area (Å²) in [6, 6.07) is 16.5. The van der Waals surface area contributed by atoms with Crippen molar-refractivity contribution in [1.82, 2.24) is 5.32 Å². The highest BCUT2D eigenvalue weighted by atomic mass is 35.5. The fourth-order valence-electron chi connectivity index (χ4n) is 3.72. The second kappa shape index (κ2) is 9.94. The minimum Gasteiger partial charge on any atom is -0.451 e. The van der Waals surface area contributed by atoms with Gasteiger partial charge >= 0.3 is 0 Å². The molecule has 2 heterocycles. The molecule has 32 heavy (non-hydrogen) atoms. The van der Waals surface area contributed by atoms with Crippen LogP contribution in [0, 0.1) is 5.92 Å². The standard InChI is InChI=1S/C24H23Cl2N3O2S/c1-15-11-13-29(14-12-15)19-8-3-2-7-18(19)27-24(32)28-23(30)21-10-9-20(31-21)16-5-4-6-17(25)22(16)26/h2-10,15H,11-14H2,1H3,(H2,27,28,30,32). The van der Waals surface area contributed by atoms with Crippen LogP contribution in [-0.4, -0.2) is 24.1 Å². The van der Waals surface area contributed by atoms with E-state index in [0.717, 1.165) is 43.2 Å². The summed E-state index contributed by atoms with van der Waals surface area (Å²) < 4.78 is 5.70. The number of hydrogen-bond acceptors (Lipinski definition) is 4. The van der Waals surface area contributed by atoms with E-state index in [1.807, 2.05) is 18.2 Å². The minimum absolute atomic E-state index is 0.124. The van der Waals surface area contributed by atoms with E-state index >= 15 is 0 Å². The van der Waals surface area contributed by atoms with Crippen molar-refractivity contribution in [2.24, 2.45) is 5.92 Å². The summed E-state index contributed by atoms with van der Waals surface area (Å²) in [6.45, 7) is 4.28. The van der Waals surface area contributed by atoms with E-state index in [1.54, 1.807) is 30.3 Å². The molecule has 2 aromatic carbocycles. The van der Waals surface area contributed by atoms with Crippen molar-refractivity contribution in [2.75, 3.05) is 23.3 Å². The molecule has 4 rings (SSSR count). The number of hydrogen-bond donors (Lipinski definition) is 2. The van der Waals surface area contributed by atoms with Gasteiger partial charge in [0.25, 0.3) is 5.91 Å². The quantitative estimate of drug-likeness (QED) is 0.405. The topological polar surface area (TPSA) is 57.5 Å². The van der Waals surface area contributed by atoms with Crippen LogP contribution < -0.4 is 15.5 Å². The molecule has 166 valence electrons. The number of piperidine rings is 1. The van der Waals surface area contributed by atoms with Crippen LogP contribution >= 0.6 is 35.4 Å². The predicted octanol–water partition coefficient (Wildman–Crippen LogP) is 6.62. The van der Waals surface area contributed by atoms with Crippen molar-refractivity contribution in [2.45, 2.75) is 19.8 Å². The lowest BCUT2D eigenvalue weighted by atomic mass is 9.98. The highest BCUT2D eigenvalue weighted by molar-refractivity contribution is 7.80. The molecule has 1 saturated heterocycles. The zero-order valence-electron chi connectivity index (χ0n) is 17.5. The number of rotatable bonds is 4. The van der Waals surface area contributed by atoms with Gasteiger partial charge in [0, 0.05) is 18.7 Å². The van der Waals surface area contributed by atoms with Crippen LogP contribution in [0.5, 0.6) is 0 Å². The molecule has 1 aliphatic rings. The smallest absolute Gasteiger partial charge is 0.293 e. The van der Waals surface area contributed by atoms with E-state index in [4.69, 9.17) is 39.8 Å². The average molecular weight is 488 g/mol. The number of nitrogens with zero attached hydrogens (tertiary/aromatic N) is 1. The Morgan fingerprint density at radius 2 is 1.81 bits per heavy atom. The third-order valence-electron chi connectivity index (χ3n) is 5.55. The first-order valence-corrected chi connectivity index (χ1v) is 11.6. The number of anilines is 2. The molecule has 1 aromatic heterocycles. The Balaban J connectivity index is 1.43. The molecule has 2 N–H and O–H groups in total. The number of carbonyl (C=O) groups is 1. The first kappa shape index (κ1) is 22.6. The summed E-state index contributed by atoms with van der Waals surface area (Å²) in [5.74, 6) is 0.868. The van der Waals surface area contributed by atoms with Gasteiger partial charge in [-0.05, 0) is 67.4 Å². The van der Waals surface area contributed by atoms with Gasteiger partial charge in [-0.2, -0.15) is 0 Å². The van der Waals surface area contributed by atoms with Crippen LogP contribution in [0.3, 0.4) is 0 Å². The number of thiocarbonyl (C=S) groups is 1. The second-order valence-corrected chi connectivity index (χ2v) is 9.05. The Kier molecular flexibility index (Phi) is 7.04. The van der Waals surface area contributed by atoms with E-state index in [9.17, 15) is 4.79 Å². The molecular formula is C24H23Cl2N3O2S. The maximum atomic E-state index is 12.7. The number of para-hydroxylation sites is 2. The average Bonchev–Trinajstić information content (AvgIpc) is 3.27. The van der Waals surface area contributed by atoms with E-state index in [2.05, 4.69) is 28.5 Å². The van der Waals surface area contributed by atoms with Crippen molar-refractivity contribution in [1.29, 1.82) is 0 Å². The van der Waals surface area contributed by atoms with Crippen molar-refractivity contribution in [3.8, 4) is 11.3 Å². The normalized spacial score (nSPS) is 14.3. The Morgan fingerprint density at radius 3 is 2.59 bits per heavy atom. The maximum Gasteiger partial charge on any atom is 0.293 e. The summed E-state index contributed by atoms with van der Waals surface area (Å²) in [4.78, 5) is 15.0. The summed E-state index contributed by atoms with van der Waals surface area (Å²) in [5, 5.41) is 6.82. The van der Waals surface area contributed by atoms with Crippen LogP contribution in [0.25, 0.3) is 11.3 Å². The molecule has 0 atom stereocenters. The van der Waals surface area contributed by atoms with Crippen LogP contribution in [0.1, 0.15) is 30.3 Å². The Hall–Kier alpha value is -2.54. The molecule has 3 aromatic rings. The number of halogens is 2. The Labute approximate surface area is 202 Å². The number of carbonyl (C=O) groups excluding carboxylic acids is 1. The molecular weight excluding hydrogens is 465 g/mol. The lowest BCUT2D eigenvalue weighted by molar-refractivity contribution is 0.0951. The molecule has 5 nitrogen and oxygen atoms in total. The fraction of sp³-hybridized carbons (Fsp3) is 0.250. The van der Waals surface area contributed by atoms with Gasteiger partial charge in [-0.25, -0.2) is 0 Å². The number of nitrogens with one attached hydrogen (secondary N) is 2. The van der Waals surface area contributed by atoms with Gasteiger partial charge in [0.15, 0.2) is 10.9 Å². The number of benzene rings is 2. The largest absolute Gasteiger partial charge is 0.451 e. The van der Waals surface area contributed by atoms with Gasteiger partial charge in [-0.3, -0.25) is 10.1 Å². The molecule has 0 radical (unpaired) electrons. The zero-order chi connectivity index (χ0) is 22.7. The van der Waals surface area contributed by atoms with Gasteiger partial charge < -0.3 is 14.6 Å². The van der Waals surface area contributed by atoms with Crippen LogP contribution in [0.15, 0.2) is 59.0 Å². The molecule has 0 aliphatic carbocycles. The number of furan rings is 1.